The van der Waals surface area contributed by atoms with E-state index in [2.05, 4.69) is 15.9 Å². The summed E-state index contributed by atoms with van der Waals surface area (Å²) in [5.74, 6) is 0.235. The first-order chi connectivity index (χ1) is 8.77. The number of hydrogen-bond donors (Lipinski definition) is 1. The van der Waals surface area contributed by atoms with Crippen LogP contribution in [0.2, 0.25) is 0 Å². The van der Waals surface area contributed by atoms with Gasteiger partial charge in [0, 0.05) is 10.0 Å². The molecule has 0 saturated carbocycles. The lowest BCUT2D eigenvalue weighted by molar-refractivity contribution is -0.152. The number of methoxy groups -OCH3 is 1. The van der Waals surface area contributed by atoms with Gasteiger partial charge < -0.3 is 14.6 Å². The average molecular weight is 331 g/mol. The lowest BCUT2D eigenvalue weighted by Gasteiger charge is -2.23. The molecule has 1 aromatic carbocycles. The second-order valence-electron chi connectivity index (χ2n) is 5.02. The number of halogens is 1. The van der Waals surface area contributed by atoms with Gasteiger partial charge in [-0.2, -0.15) is 0 Å². The summed E-state index contributed by atoms with van der Waals surface area (Å²) in [7, 11) is 1.35. The number of carbonyl (C=O) groups excluding carboxylic acids is 1. The molecule has 0 fully saturated rings. The van der Waals surface area contributed by atoms with E-state index in [1.54, 1.807) is 32.9 Å². The molecule has 0 aliphatic heterocycles. The number of hydrogen-bond acceptors (Lipinski definition) is 4. The highest BCUT2D eigenvalue weighted by molar-refractivity contribution is 9.10. The molecule has 0 saturated heterocycles. The standard InChI is InChI=1S/C14H19BrO4/c1-9(16)11-7-10(15)5-6-12(11)19-8-14(2,3)13(17)18-4/h5-7,9,16H,8H2,1-4H3/t9-/m0/s1. The van der Waals surface area contributed by atoms with E-state index >= 15 is 0 Å². The Kier molecular flexibility index (Phi) is 5.38. The summed E-state index contributed by atoms with van der Waals surface area (Å²) in [5, 5.41) is 9.72. The van der Waals surface area contributed by atoms with Crippen LogP contribution < -0.4 is 4.74 Å². The first-order valence-electron chi connectivity index (χ1n) is 5.96. The third-order valence-electron chi connectivity index (χ3n) is 2.75. The van der Waals surface area contributed by atoms with Crippen LogP contribution in [0.1, 0.15) is 32.4 Å². The molecule has 4 nitrogen and oxygen atoms in total. The van der Waals surface area contributed by atoms with Crippen molar-refractivity contribution in [3.8, 4) is 5.75 Å². The Morgan fingerprint density at radius 2 is 2.11 bits per heavy atom. The molecule has 0 heterocycles. The molecule has 0 aliphatic rings. The van der Waals surface area contributed by atoms with E-state index in [0.29, 0.717) is 11.3 Å². The Morgan fingerprint density at radius 3 is 2.63 bits per heavy atom. The zero-order valence-electron chi connectivity index (χ0n) is 11.6. The second-order valence-corrected chi connectivity index (χ2v) is 5.94. The molecule has 1 aromatic rings. The highest BCUT2D eigenvalue weighted by Crippen LogP contribution is 2.30. The van der Waals surface area contributed by atoms with E-state index in [1.165, 1.54) is 7.11 Å². The van der Waals surface area contributed by atoms with E-state index < -0.39 is 11.5 Å². The van der Waals surface area contributed by atoms with Crippen molar-refractivity contribution in [2.45, 2.75) is 26.9 Å². The van der Waals surface area contributed by atoms with Gasteiger partial charge in [-0.1, -0.05) is 15.9 Å². The fourth-order valence-corrected chi connectivity index (χ4v) is 1.95. The van der Waals surface area contributed by atoms with Gasteiger partial charge in [0.05, 0.1) is 18.6 Å². The van der Waals surface area contributed by atoms with Crippen LogP contribution in [0.3, 0.4) is 0 Å². The zero-order chi connectivity index (χ0) is 14.6. The van der Waals surface area contributed by atoms with E-state index in [-0.39, 0.29) is 12.6 Å². The average Bonchev–Trinajstić information content (AvgIpc) is 2.36. The van der Waals surface area contributed by atoms with E-state index in [4.69, 9.17) is 9.47 Å². The van der Waals surface area contributed by atoms with Crippen LogP contribution in [0.25, 0.3) is 0 Å². The van der Waals surface area contributed by atoms with Gasteiger partial charge >= 0.3 is 5.97 Å². The van der Waals surface area contributed by atoms with Gasteiger partial charge in [0.2, 0.25) is 0 Å². The SMILES string of the molecule is COC(=O)C(C)(C)COc1ccc(Br)cc1[C@H](C)O. The highest BCUT2D eigenvalue weighted by atomic mass is 79.9. The van der Waals surface area contributed by atoms with Crippen LogP contribution in [0.5, 0.6) is 5.75 Å². The third-order valence-corrected chi connectivity index (χ3v) is 3.24. The summed E-state index contributed by atoms with van der Waals surface area (Å²) in [6, 6.07) is 5.39. The Balaban J connectivity index is 2.86. The lowest BCUT2D eigenvalue weighted by Crippen LogP contribution is -2.32. The maximum Gasteiger partial charge on any atom is 0.314 e. The molecular formula is C14H19BrO4. The second kappa shape index (κ2) is 6.39. The van der Waals surface area contributed by atoms with Crippen molar-refractivity contribution in [2.24, 2.45) is 5.41 Å². The highest BCUT2D eigenvalue weighted by Gasteiger charge is 2.30. The normalized spacial score (nSPS) is 12.9. The van der Waals surface area contributed by atoms with E-state index in [0.717, 1.165) is 4.47 Å². The van der Waals surface area contributed by atoms with Gasteiger partial charge in [0.25, 0.3) is 0 Å². The predicted octanol–water partition coefficient (Wildman–Crippen LogP) is 3.08. The molecular weight excluding hydrogens is 312 g/mol. The van der Waals surface area contributed by atoms with Gasteiger partial charge in [0.1, 0.15) is 12.4 Å². The first kappa shape index (κ1) is 16.0. The molecule has 0 bridgehead atoms. The molecule has 1 rings (SSSR count). The van der Waals surface area contributed by atoms with Crippen molar-refractivity contribution in [3.05, 3.63) is 28.2 Å². The molecule has 106 valence electrons. The summed E-state index contributed by atoms with van der Waals surface area (Å²) in [5.41, 5.74) is -0.0623. The lowest BCUT2D eigenvalue weighted by atomic mass is 9.95. The molecule has 0 unspecified atom stereocenters. The van der Waals surface area contributed by atoms with Crippen molar-refractivity contribution >= 4 is 21.9 Å². The van der Waals surface area contributed by atoms with Crippen molar-refractivity contribution in [2.75, 3.05) is 13.7 Å². The predicted molar refractivity (Wildman–Crippen MR) is 76.1 cm³/mol. The van der Waals surface area contributed by atoms with Crippen molar-refractivity contribution < 1.29 is 19.4 Å². The molecule has 0 aromatic heterocycles. The summed E-state index contributed by atoms with van der Waals surface area (Å²) >= 11 is 3.35. The van der Waals surface area contributed by atoms with Crippen molar-refractivity contribution in [1.82, 2.24) is 0 Å². The minimum absolute atomic E-state index is 0.182. The Morgan fingerprint density at radius 1 is 1.47 bits per heavy atom. The van der Waals surface area contributed by atoms with Crippen LogP contribution in [-0.2, 0) is 9.53 Å². The number of esters is 1. The van der Waals surface area contributed by atoms with Crippen LogP contribution in [0.15, 0.2) is 22.7 Å². The quantitative estimate of drug-likeness (QED) is 0.843. The van der Waals surface area contributed by atoms with E-state index in [1.807, 2.05) is 6.07 Å². The third kappa shape index (κ3) is 4.21. The van der Waals surface area contributed by atoms with Crippen LogP contribution in [-0.4, -0.2) is 24.8 Å². The number of aliphatic hydroxyl groups excluding tert-OH is 1. The van der Waals surface area contributed by atoms with Gasteiger partial charge in [0.15, 0.2) is 0 Å². The molecule has 5 heteroatoms. The molecule has 19 heavy (non-hydrogen) atoms. The molecule has 0 aliphatic carbocycles. The topological polar surface area (TPSA) is 55.8 Å². The molecule has 1 N–H and O–H groups in total. The van der Waals surface area contributed by atoms with Gasteiger partial charge in [-0.05, 0) is 39.0 Å². The number of benzene rings is 1. The summed E-state index contributed by atoms with van der Waals surface area (Å²) in [4.78, 5) is 11.6. The van der Waals surface area contributed by atoms with Gasteiger partial charge in [-0.25, -0.2) is 0 Å². The monoisotopic (exact) mass is 330 g/mol. The maximum atomic E-state index is 11.6. The minimum Gasteiger partial charge on any atom is -0.492 e. The van der Waals surface area contributed by atoms with Crippen LogP contribution >= 0.6 is 15.9 Å². The minimum atomic E-state index is -0.738. The van der Waals surface area contributed by atoms with Crippen molar-refractivity contribution in [1.29, 1.82) is 0 Å². The summed E-state index contributed by atoms with van der Waals surface area (Å²) < 4.78 is 11.2. The maximum absolute atomic E-state index is 11.6. The molecule has 0 spiro atoms. The zero-order valence-corrected chi connectivity index (χ0v) is 13.2. The van der Waals surface area contributed by atoms with Gasteiger partial charge in [-0.15, -0.1) is 0 Å². The fourth-order valence-electron chi connectivity index (χ4n) is 1.57. The van der Waals surface area contributed by atoms with Crippen LogP contribution in [0, 0.1) is 5.41 Å². The molecule has 1 atom stereocenters. The Bertz CT molecular complexity index is 455. The fraction of sp³-hybridized carbons (Fsp3) is 0.500. The summed E-state index contributed by atoms with van der Waals surface area (Å²) in [6.45, 7) is 5.35. The van der Waals surface area contributed by atoms with E-state index in [9.17, 15) is 9.90 Å². The Labute approximate surface area is 121 Å². The Hall–Kier alpha value is -1.07. The largest absolute Gasteiger partial charge is 0.492 e. The number of rotatable bonds is 5. The summed E-state index contributed by atoms with van der Waals surface area (Å²) in [6.07, 6.45) is -0.645. The molecule has 0 amide bonds. The number of carbonyl (C=O) groups is 1. The first-order valence-corrected chi connectivity index (χ1v) is 6.76. The molecule has 0 radical (unpaired) electrons. The van der Waals surface area contributed by atoms with Crippen molar-refractivity contribution in [3.63, 3.8) is 0 Å². The smallest absolute Gasteiger partial charge is 0.314 e. The number of aliphatic hydroxyl groups is 1. The van der Waals surface area contributed by atoms with Gasteiger partial charge in [-0.3, -0.25) is 4.79 Å². The number of ether oxygens (including phenoxy) is 2. The van der Waals surface area contributed by atoms with Crippen LogP contribution in [0.4, 0.5) is 0 Å².